The molecule has 0 saturated carbocycles. The van der Waals surface area contributed by atoms with E-state index in [1.54, 1.807) is 24.3 Å². The lowest BCUT2D eigenvalue weighted by atomic mass is 10.2. The van der Waals surface area contributed by atoms with Crippen molar-refractivity contribution in [3.05, 3.63) is 99.8 Å². The average Bonchev–Trinajstić information content (AvgIpc) is 2.77. The van der Waals surface area contributed by atoms with E-state index in [2.05, 4.69) is 15.1 Å². The molecule has 162 valence electrons. The normalized spacial score (nSPS) is 11.3. The van der Waals surface area contributed by atoms with Gasteiger partial charge in [0, 0.05) is 5.56 Å². The monoisotopic (exact) mass is 472 g/mol. The standard InChI is InChI=1S/C21H14ClFN4O4S/c22-17-10-5-13(11-19(17)26-32(30,31)15-8-6-14(23)7-9-15)20(28)25-27-12-24-18-4-2-1-3-16(18)21(27)29/h1-12,26H,(H,25,28). The number of nitrogens with zero attached hydrogens (tertiary/aromatic N) is 2. The number of nitrogens with one attached hydrogen (secondary N) is 2. The van der Waals surface area contributed by atoms with Gasteiger partial charge in [-0.25, -0.2) is 22.5 Å². The Bertz CT molecular complexity index is 1500. The van der Waals surface area contributed by atoms with Crippen molar-refractivity contribution >= 4 is 44.1 Å². The predicted octanol–water partition coefficient (Wildman–Crippen LogP) is 3.37. The molecular formula is C21H14ClFN4O4S. The van der Waals surface area contributed by atoms with Gasteiger partial charge in [0.15, 0.2) is 0 Å². The number of halogens is 2. The number of fused-ring (bicyclic) bond motifs is 1. The number of amides is 1. The Kier molecular flexibility index (Phi) is 5.64. The fourth-order valence-electron chi connectivity index (χ4n) is 2.88. The van der Waals surface area contributed by atoms with Gasteiger partial charge in [0.05, 0.1) is 26.5 Å². The maximum Gasteiger partial charge on any atom is 0.280 e. The second-order valence-electron chi connectivity index (χ2n) is 6.63. The van der Waals surface area contributed by atoms with Crippen molar-refractivity contribution in [3.8, 4) is 0 Å². The predicted molar refractivity (Wildman–Crippen MR) is 118 cm³/mol. The summed E-state index contributed by atoms with van der Waals surface area (Å²) < 4.78 is 41.4. The van der Waals surface area contributed by atoms with Crippen LogP contribution in [0, 0.1) is 5.82 Å². The molecule has 11 heteroatoms. The second-order valence-corrected chi connectivity index (χ2v) is 8.72. The zero-order chi connectivity index (χ0) is 22.9. The van der Waals surface area contributed by atoms with E-state index in [4.69, 9.17) is 11.6 Å². The van der Waals surface area contributed by atoms with Crippen molar-refractivity contribution in [2.24, 2.45) is 0 Å². The van der Waals surface area contributed by atoms with Crippen LogP contribution >= 0.6 is 11.6 Å². The highest BCUT2D eigenvalue weighted by Crippen LogP contribution is 2.26. The van der Waals surface area contributed by atoms with Crippen LogP contribution in [0.2, 0.25) is 5.02 Å². The fourth-order valence-corrected chi connectivity index (χ4v) is 4.18. The van der Waals surface area contributed by atoms with Gasteiger partial charge in [-0.1, -0.05) is 23.7 Å². The van der Waals surface area contributed by atoms with E-state index < -0.39 is 27.3 Å². The Hall–Kier alpha value is -3.76. The minimum Gasteiger partial charge on any atom is -0.278 e. The van der Waals surface area contributed by atoms with E-state index >= 15 is 0 Å². The summed E-state index contributed by atoms with van der Waals surface area (Å²) in [6.07, 6.45) is 1.18. The minimum absolute atomic E-state index is 0.0336. The Morgan fingerprint density at radius 2 is 1.75 bits per heavy atom. The van der Waals surface area contributed by atoms with Crippen molar-refractivity contribution in [1.82, 2.24) is 9.66 Å². The van der Waals surface area contributed by atoms with Crippen molar-refractivity contribution in [1.29, 1.82) is 0 Å². The Labute approximate surface area is 186 Å². The molecule has 0 atom stereocenters. The molecule has 0 saturated heterocycles. The lowest BCUT2D eigenvalue weighted by molar-refractivity contribution is 0.101. The molecule has 0 aliphatic heterocycles. The van der Waals surface area contributed by atoms with Crippen LogP contribution in [0.25, 0.3) is 10.9 Å². The lowest BCUT2D eigenvalue weighted by Crippen LogP contribution is -2.33. The highest BCUT2D eigenvalue weighted by Gasteiger charge is 2.18. The third kappa shape index (κ3) is 4.32. The second kappa shape index (κ2) is 8.40. The fraction of sp³-hybridized carbons (Fsp3) is 0. The van der Waals surface area contributed by atoms with Gasteiger partial charge in [-0.3, -0.25) is 19.7 Å². The molecule has 0 radical (unpaired) electrons. The minimum atomic E-state index is -4.08. The summed E-state index contributed by atoms with van der Waals surface area (Å²) >= 11 is 6.09. The number of aromatic nitrogens is 2. The number of anilines is 1. The number of sulfonamides is 1. The summed E-state index contributed by atoms with van der Waals surface area (Å²) in [5, 5.41) is 0.357. The molecule has 32 heavy (non-hydrogen) atoms. The molecule has 0 aliphatic rings. The first-order valence-electron chi connectivity index (χ1n) is 9.10. The third-order valence-corrected chi connectivity index (χ3v) is 6.20. The quantitative estimate of drug-likeness (QED) is 0.462. The van der Waals surface area contributed by atoms with Gasteiger partial charge in [0.1, 0.15) is 12.1 Å². The molecule has 8 nitrogen and oxygen atoms in total. The van der Waals surface area contributed by atoms with E-state index in [1.165, 1.54) is 24.5 Å². The lowest BCUT2D eigenvalue weighted by Gasteiger charge is -2.12. The molecule has 3 aromatic carbocycles. The average molecular weight is 473 g/mol. The maximum absolute atomic E-state index is 13.1. The molecule has 0 fully saturated rings. The van der Waals surface area contributed by atoms with Gasteiger partial charge in [-0.2, -0.15) is 0 Å². The van der Waals surface area contributed by atoms with Gasteiger partial charge in [-0.15, -0.1) is 0 Å². The topological polar surface area (TPSA) is 110 Å². The number of rotatable bonds is 5. The van der Waals surface area contributed by atoms with Gasteiger partial charge in [0.2, 0.25) is 0 Å². The summed E-state index contributed by atoms with van der Waals surface area (Å²) in [4.78, 5) is 29.2. The van der Waals surface area contributed by atoms with Crippen LogP contribution in [0.15, 0.2) is 82.7 Å². The van der Waals surface area contributed by atoms with Crippen LogP contribution in [-0.4, -0.2) is 24.0 Å². The third-order valence-electron chi connectivity index (χ3n) is 4.48. The molecule has 2 N–H and O–H groups in total. The molecular weight excluding hydrogens is 459 g/mol. The van der Waals surface area contributed by atoms with E-state index in [0.29, 0.717) is 10.9 Å². The van der Waals surface area contributed by atoms with Crippen molar-refractivity contribution in [2.45, 2.75) is 4.90 Å². The van der Waals surface area contributed by atoms with Crippen molar-refractivity contribution in [3.63, 3.8) is 0 Å². The SMILES string of the molecule is O=C(Nn1cnc2ccccc2c1=O)c1ccc(Cl)c(NS(=O)(=O)c2ccc(F)cc2)c1. The Balaban J connectivity index is 1.61. The molecule has 0 spiro atoms. The highest BCUT2D eigenvalue weighted by atomic mass is 35.5. The van der Waals surface area contributed by atoms with Gasteiger partial charge in [-0.05, 0) is 54.6 Å². The molecule has 1 heterocycles. The first kappa shape index (κ1) is 21.5. The summed E-state index contributed by atoms with van der Waals surface area (Å²) in [7, 11) is -4.08. The summed E-state index contributed by atoms with van der Waals surface area (Å²) in [6, 6.07) is 14.8. The summed E-state index contributed by atoms with van der Waals surface area (Å²) in [6.45, 7) is 0. The van der Waals surface area contributed by atoms with Crippen LogP contribution in [0.3, 0.4) is 0 Å². The van der Waals surface area contributed by atoms with E-state index in [0.717, 1.165) is 28.9 Å². The maximum atomic E-state index is 13.1. The van der Waals surface area contributed by atoms with E-state index in [9.17, 15) is 22.4 Å². The van der Waals surface area contributed by atoms with Crippen LogP contribution in [0.5, 0.6) is 0 Å². The van der Waals surface area contributed by atoms with Crippen LogP contribution in [-0.2, 0) is 10.0 Å². The molecule has 4 aromatic rings. The molecule has 4 rings (SSSR count). The number of para-hydroxylation sites is 1. The Morgan fingerprint density at radius 1 is 1.03 bits per heavy atom. The molecule has 0 bridgehead atoms. The number of hydrogen-bond acceptors (Lipinski definition) is 5. The zero-order valence-electron chi connectivity index (χ0n) is 16.1. The van der Waals surface area contributed by atoms with Crippen LogP contribution < -0.4 is 15.7 Å². The first-order chi connectivity index (χ1) is 15.2. The Morgan fingerprint density at radius 3 is 2.50 bits per heavy atom. The first-order valence-corrected chi connectivity index (χ1v) is 11.0. The number of benzene rings is 3. The van der Waals surface area contributed by atoms with Crippen LogP contribution in [0.1, 0.15) is 10.4 Å². The highest BCUT2D eigenvalue weighted by molar-refractivity contribution is 7.92. The largest absolute Gasteiger partial charge is 0.280 e. The summed E-state index contributed by atoms with van der Waals surface area (Å²) in [5.74, 6) is -1.28. The van der Waals surface area contributed by atoms with Crippen LogP contribution in [0.4, 0.5) is 10.1 Å². The number of carbonyl (C=O) groups excluding carboxylic acids is 1. The molecule has 1 aromatic heterocycles. The van der Waals surface area contributed by atoms with E-state index in [-0.39, 0.29) is 21.2 Å². The van der Waals surface area contributed by atoms with Gasteiger partial charge in [0.25, 0.3) is 21.5 Å². The zero-order valence-corrected chi connectivity index (χ0v) is 17.7. The molecule has 0 unspecified atom stereocenters. The number of carbonyl (C=O) groups is 1. The van der Waals surface area contributed by atoms with Gasteiger partial charge >= 0.3 is 0 Å². The van der Waals surface area contributed by atoms with Gasteiger partial charge < -0.3 is 0 Å². The van der Waals surface area contributed by atoms with Crippen molar-refractivity contribution < 1.29 is 17.6 Å². The molecule has 1 amide bonds. The smallest absolute Gasteiger partial charge is 0.278 e. The van der Waals surface area contributed by atoms with Crippen molar-refractivity contribution in [2.75, 3.05) is 10.1 Å². The van der Waals surface area contributed by atoms with E-state index in [1.807, 2.05) is 0 Å². The molecule has 0 aliphatic carbocycles. The summed E-state index contributed by atoms with van der Waals surface area (Å²) in [5.41, 5.74) is 2.38. The number of hydrogen-bond donors (Lipinski definition) is 2.